The quantitative estimate of drug-likeness (QED) is 0.586. The molecule has 0 bridgehead atoms. The average molecular weight is 327 g/mol. The van der Waals surface area contributed by atoms with Crippen molar-refractivity contribution in [1.82, 2.24) is 15.0 Å². The van der Waals surface area contributed by atoms with E-state index in [0.717, 1.165) is 0 Å². The molecule has 0 aliphatic rings. The highest BCUT2D eigenvalue weighted by atomic mass is 16.1. The minimum absolute atomic E-state index is 0.167. The molecule has 2 aromatic carbocycles. The van der Waals surface area contributed by atoms with Crippen molar-refractivity contribution in [2.24, 2.45) is 0 Å². The summed E-state index contributed by atoms with van der Waals surface area (Å²) in [4.78, 5) is 36.6. The first-order chi connectivity index (χ1) is 12.2. The van der Waals surface area contributed by atoms with Gasteiger partial charge in [0.05, 0.1) is 16.5 Å². The van der Waals surface area contributed by atoms with Gasteiger partial charge >= 0.3 is 0 Å². The van der Waals surface area contributed by atoms with Crippen molar-refractivity contribution in [3.63, 3.8) is 0 Å². The third-order valence-electron chi connectivity index (χ3n) is 3.93. The summed E-state index contributed by atoms with van der Waals surface area (Å²) < 4.78 is 0. The fourth-order valence-corrected chi connectivity index (χ4v) is 2.72. The lowest BCUT2D eigenvalue weighted by atomic mass is 10.0. The van der Waals surface area contributed by atoms with E-state index in [-0.39, 0.29) is 17.2 Å². The van der Waals surface area contributed by atoms with E-state index in [1.165, 1.54) is 0 Å². The summed E-state index contributed by atoms with van der Waals surface area (Å²) in [6.07, 6.45) is 1.58. The molecule has 0 aliphatic heterocycles. The molecule has 0 fully saturated rings. The minimum Gasteiger partial charge on any atom is -0.305 e. The first-order valence-corrected chi connectivity index (χ1v) is 7.78. The lowest BCUT2D eigenvalue weighted by molar-refractivity contribution is 0.103. The highest BCUT2D eigenvalue weighted by Crippen LogP contribution is 2.21. The van der Waals surface area contributed by atoms with Crippen molar-refractivity contribution in [2.45, 2.75) is 0 Å². The van der Waals surface area contributed by atoms with Gasteiger partial charge in [-0.05, 0) is 24.3 Å². The molecule has 1 N–H and O–H groups in total. The summed E-state index contributed by atoms with van der Waals surface area (Å²) in [7, 11) is 0. The first-order valence-electron chi connectivity index (χ1n) is 7.78. The van der Waals surface area contributed by atoms with Gasteiger partial charge in [0.2, 0.25) is 0 Å². The second-order valence-electron chi connectivity index (χ2n) is 5.53. The van der Waals surface area contributed by atoms with Crippen LogP contribution in [0.25, 0.3) is 22.4 Å². The number of pyridine rings is 1. The van der Waals surface area contributed by atoms with Gasteiger partial charge in [-0.1, -0.05) is 42.5 Å². The maximum Gasteiger partial charge on any atom is 0.259 e. The predicted molar refractivity (Wildman–Crippen MR) is 95.5 cm³/mol. The summed E-state index contributed by atoms with van der Waals surface area (Å²) in [6, 6.07) is 19.4. The van der Waals surface area contributed by atoms with Gasteiger partial charge in [0.15, 0.2) is 11.6 Å². The normalized spacial score (nSPS) is 10.7. The molecule has 120 valence electrons. The van der Waals surface area contributed by atoms with E-state index in [4.69, 9.17) is 0 Å². The van der Waals surface area contributed by atoms with E-state index in [9.17, 15) is 9.59 Å². The third-order valence-corrected chi connectivity index (χ3v) is 3.93. The number of fused-ring (bicyclic) bond motifs is 1. The lowest BCUT2D eigenvalue weighted by Gasteiger charge is -2.08. The largest absolute Gasteiger partial charge is 0.305 e. The number of carbonyl (C=O) groups excluding carboxylic acids is 1. The smallest absolute Gasteiger partial charge is 0.259 e. The molecule has 25 heavy (non-hydrogen) atoms. The predicted octanol–water partition coefficient (Wildman–Crippen LogP) is 3.22. The number of nitrogens with zero attached hydrogens (tertiary/aromatic N) is 2. The van der Waals surface area contributed by atoms with Crippen LogP contribution in [0.5, 0.6) is 0 Å². The standard InChI is InChI=1S/C20H13N3O2/c24-18(13-7-2-1-3-8-13)15-10-6-12-21-17(15)19-22-16-11-5-4-9-14(16)20(25)23-19/h1-12H,(H,22,23,25). The number of aromatic nitrogens is 3. The summed E-state index contributed by atoms with van der Waals surface area (Å²) in [5.74, 6) is 0.114. The highest BCUT2D eigenvalue weighted by Gasteiger charge is 2.17. The number of carbonyl (C=O) groups is 1. The zero-order valence-electron chi connectivity index (χ0n) is 13.1. The number of H-pyrrole nitrogens is 1. The van der Waals surface area contributed by atoms with Gasteiger partial charge in [0.1, 0.15) is 5.69 Å². The average Bonchev–Trinajstić information content (AvgIpc) is 2.68. The Bertz CT molecular complexity index is 1130. The maximum absolute atomic E-state index is 12.8. The van der Waals surface area contributed by atoms with Crippen LogP contribution in [0.3, 0.4) is 0 Å². The zero-order valence-corrected chi connectivity index (χ0v) is 13.1. The number of rotatable bonds is 3. The van der Waals surface area contributed by atoms with Crippen molar-refractivity contribution in [3.05, 3.63) is 94.4 Å². The molecule has 4 rings (SSSR count). The number of nitrogens with one attached hydrogen (secondary N) is 1. The monoisotopic (exact) mass is 327 g/mol. The molecule has 0 unspecified atom stereocenters. The van der Waals surface area contributed by atoms with Gasteiger partial charge < -0.3 is 4.98 Å². The van der Waals surface area contributed by atoms with Crippen LogP contribution in [0, 0.1) is 0 Å². The molecule has 2 aromatic heterocycles. The SMILES string of the molecule is O=C(c1ccccc1)c1cccnc1-c1nc2ccccc2c(=O)[nH]1. The summed E-state index contributed by atoms with van der Waals surface area (Å²) in [5.41, 5.74) is 1.61. The Hall–Kier alpha value is -3.60. The number of aromatic amines is 1. The second kappa shape index (κ2) is 6.13. The Morgan fingerprint density at radius 1 is 0.880 bits per heavy atom. The summed E-state index contributed by atoms with van der Waals surface area (Å²) >= 11 is 0. The van der Waals surface area contributed by atoms with Gasteiger partial charge in [0, 0.05) is 11.8 Å². The molecule has 4 aromatic rings. The lowest BCUT2D eigenvalue weighted by Crippen LogP contribution is -2.12. The van der Waals surface area contributed by atoms with Crippen molar-refractivity contribution in [3.8, 4) is 11.5 Å². The molecule has 0 spiro atoms. The molecule has 0 amide bonds. The molecule has 0 saturated carbocycles. The number of hydrogen-bond donors (Lipinski definition) is 1. The van der Waals surface area contributed by atoms with Gasteiger partial charge in [-0.3, -0.25) is 14.6 Å². The van der Waals surface area contributed by atoms with Crippen LogP contribution in [-0.4, -0.2) is 20.7 Å². The molecule has 0 radical (unpaired) electrons. The van der Waals surface area contributed by atoms with Crippen molar-refractivity contribution in [2.75, 3.05) is 0 Å². The minimum atomic E-state index is -0.260. The van der Waals surface area contributed by atoms with E-state index in [1.807, 2.05) is 12.1 Å². The topological polar surface area (TPSA) is 75.7 Å². The van der Waals surface area contributed by atoms with Crippen LogP contribution in [0.15, 0.2) is 77.7 Å². The molecule has 2 heterocycles. The van der Waals surface area contributed by atoms with E-state index in [0.29, 0.717) is 27.7 Å². The molecule has 5 nitrogen and oxygen atoms in total. The molecule has 0 saturated heterocycles. The van der Waals surface area contributed by atoms with Crippen molar-refractivity contribution >= 4 is 16.7 Å². The van der Waals surface area contributed by atoms with Crippen LogP contribution in [0.1, 0.15) is 15.9 Å². The molecule has 5 heteroatoms. The van der Waals surface area contributed by atoms with Gasteiger partial charge in [0.25, 0.3) is 5.56 Å². The fraction of sp³-hybridized carbons (Fsp3) is 0. The Labute approximate surface area is 143 Å². The van der Waals surface area contributed by atoms with Gasteiger partial charge in [-0.2, -0.15) is 0 Å². The Kier molecular flexibility index (Phi) is 3.67. The van der Waals surface area contributed by atoms with Crippen LogP contribution in [0.2, 0.25) is 0 Å². The fourth-order valence-electron chi connectivity index (χ4n) is 2.72. The van der Waals surface area contributed by atoms with E-state index in [2.05, 4.69) is 15.0 Å². The van der Waals surface area contributed by atoms with Gasteiger partial charge in [-0.25, -0.2) is 4.98 Å². The van der Waals surface area contributed by atoms with E-state index < -0.39 is 0 Å². The number of para-hydroxylation sites is 1. The van der Waals surface area contributed by atoms with Crippen LogP contribution < -0.4 is 5.56 Å². The Morgan fingerprint density at radius 2 is 1.64 bits per heavy atom. The Balaban J connectivity index is 1.90. The maximum atomic E-state index is 12.8. The number of benzene rings is 2. The molecule has 0 aliphatic carbocycles. The van der Waals surface area contributed by atoms with Crippen LogP contribution in [-0.2, 0) is 0 Å². The summed E-state index contributed by atoms with van der Waals surface area (Å²) in [6.45, 7) is 0. The van der Waals surface area contributed by atoms with Crippen molar-refractivity contribution in [1.29, 1.82) is 0 Å². The summed E-state index contributed by atoms with van der Waals surface area (Å²) in [5, 5.41) is 0.498. The molecular formula is C20H13N3O2. The number of hydrogen-bond acceptors (Lipinski definition) is 4. The highest BCUT2D eigenvalue weighted by molar-refractivity contribution is 6.12. The van der Waals surface area contributed by atoms with Crippen molar-refractivity contribution < 1.29 is 4.79 Å². The van der Waals surface area contributed by atoms with Gasteiger partial charge in [-0.15, -0.1) is 0 Å². The second-order valence-corrected chi connectivity index (χ2v) is 5.53. The van der Waals surface area contributed by atoms with E-state index >= 15 is 0 Å². The number of ketones is 1. The first kappa shape index (κ1) is 15.0. The van der Waals surface area contributed by atoms with Crippen LogP contribution >= 0.6 is 0 Å². The zero-order chi connectivity index (χ0) is 17.2. The van der Waals surface area contributed by atoms with Crippen LogP contribution in [0.4, 0.5) is 0 Å². The Morgan fingerprint density at radius 3 is 2.48 bits per heavy atom. The van der Waals surface area contributed by atoms with E-state index in [1.54, 1.807) is 60.8 Å². The molecule has 0 atom stereocenters. The molecular weight excluding hydrogens is 314 g/mol. The third kappa shape index (κ3) is 2.72.